The quantitative estimate of drug-likeness (QED) is 0.790. The molecule has 1 aromatic carbocycles. The van der Waals surface area contributed by atoms with E-state index in [1.54, 1.807) is 13.8 Å². The number of nitrogens with zero attached hydrogens (tertiary/aromatic N) is 1. The lowest BCUT2D eigenvalue weighted by Gasteiger charge is -2.20. The van der Waals surface area contributed by atoms with Crippen LogP contribution in [0.1, 0.15) is 24.2 Å². The van der Waals surface area contributed by atoms with Crippen molar-refractivity contribution < 1.29 is 18.3 Å². The second kappa shape index (κ2) is 6.51. The maximum Gasteiger partial charge on any atom is 0.336 e. The number of carbonyl (C=O) groups is 1. The van der Waals surface area contributed by atoms with Crippen LogP contribution in [-0.4, -0.2) is 36.9 Å². The normalized spacial score (nSPS) is 11.6. The molecular weight excluding hydrogens is 346 g/mol. The fourth-order valence-electron chi connectivity index (χ4n) is 1.65. The first-order valence-electron chi connectivity index (χ1n) is 5.87. The van der Waals surface area contributed by atoms with Gasteiger partial charge in [0.1, 0.15) is 0 Å². The molecule has 20 heavy (non-hydrogen) atoms. The molecule has 0 unspecified atom stereocenters. The van der Waals surface area contributed by atoms with Crippen LogP contribution in [0.4, 0.5) is 0 Å². The zero-order chi connectivity index (χ0) is 15.5. The molecule has 0 aliphatic carbocycles. The third kappa shape index (κ3) is 3.68. The van der Waals surface area contributed by atoms with Gasteiger partial charge in [-0.2, -0.15) is 4.31 Å². The van der Waals surface area contributed by atoms with Crippen LogP contribution in [0.25, 0.3) is 0 Å². The van der Waals surface area contributed by atoms with Crippen LogP contribution in [0.2, 0.25) is 0 Å². The molecule has 1 aromatic rings. The number of likely N-dealkylation sites (N-methyl/N-ethyl adjacent to an activating group) is 1. The van der Waals surface area contributed by atoms with Crippen molar-refractivity contribution in [2.45, 2.75) is 18.7 Å². The number of halogens is 1. The molecule has 0 heterocycles. The van der Waals surface area contributed by atoms with Gasteiger partial charge in [-0.3, -0.25) is 0 Å². The third-order valence-electron chi connectivity index (χ3n) is 2.60. The third-order valence-corrected chi connectivity index (χ3v) is 5.21. The molecule has 0 aromatic heterocycles. The second-order valence-electron chi connectivity index (χ2n) is 4.34. The largest absolute Gasteiger partial charge is 0.478 e. The molecule has 0 aliphatic rings. The Hall–Kier alpha value is -1.18. The Balaban J connectivity index is 3.31. The monoisotopic (exact) mass is 361 g/mol. The van der Waals surface area contributed by atoms with Gasteiger partial charge in [-0.05, 0) is 41.1 Å². The summed E-state index contributed by atoms with van der Waals surface area (Å²) in [4.78, 5) is 11.0. The van der Waals surface area contributed by atoms with Crippen molar-refractivity contribution in [3.8, 4) is 0 Å². The smallest absolute Gasteiger partial charge is 0.336 e. The van der Waals surface area contributed by atoms with E-state index in [0.717, 1.165) is 6.07 Å². The molecule has 5 nitrogen and oxygen atoms in total. The highest BCUT2D eigenvalue weighted by molar-refractivity contribution is 9.10. The predicted molar refractivity (Wildman–Crippen MR) is 80.3 cm³/mol. The minimum atomic E-state index is -3.73. The minimum Gasteiger partial charge on any atom is -0.478 e. The molecule has 0 amide bonds. The van der Waals surface area contributed by atoms with Crippen LogP contribution in [0.5, 0.6) is 0 Å². The summed E-state index contributed by atoms with van der Waals surface area (Å²) in [6, 6.07) is 3.96. The van der Waals surface area contributed by atoms with Crippen LogP contribution in [0.15, 0.2) is 39.7 Å². The van der Waals surface area contributed by atoms with Crippen molar-refractivity contribution >= 4 is 31.9 Å². The van der Waals surface area contributed by atoms with Crippen molar-refractivity contribution in [1.82, 2.24) is 4.31 Å². The number of rotatable bonds is 6. The Bertz CT molecular complexity index is 640. The van der Waals surface area contributed by atoms with Crippen LogP contribution in [0.3, 0.4) is 0 Å². The van der Waals surface area contributed by atoms with Gasteiger partial charge in [0.2, 0.25) is 10.0 Å². The molecule has 110 valence electrons. The number of benzene rings is 1. The first-order valence-corrected chi connectivity index (χ1v) is 8.10. The van der Waals surface area contributed by atoms with E-state index in [-0.39, 0.29) is 23.5 Å². The van der Waals surface area contributed by atoms with E-state index in [9.17, 15) is 13.2 Å². The summed E-state index contributed by atoms with van der Waals surface area (Å²) in [7, 11) is -3.73. The maximum atomic E-state index is 12.5. The molecular formula is C13H16BrNO4S. The van der Waals surface area contributed by atoms with Crippen LogP contribution < -0.4 is 0 Å². The van der Waals surface area contributed by atoms with Crippen molar-refractivity contribution in [3.63, 3.8) is 0 Å². The Labute approximate surface area is 127 Å². The summed E-state index contributed by atoms with van der Waals surface area (Å²) in [5, 5.41) is 9.04. The van der Waals surface area contributed by atoms with Crippen molar-refractivity contribution in [3.05, 3.63) is 40.4 Å². The number of carboxylic acid groups (broad SMARTS) is 1. The van der Waals surface area contributed by atoms with Gasteiger partial charge < -0.3 is 5.11 Å². The van der Waals surface area contributed by atoms with Crippen LogP contribution >= 0.6 is 15.9 Å². The lowest BCUT2D eigenvalue weighted by atomic mass is 10.2. The molecule has 0 saturated heterocycles. The Morgan fingerprint density at radius 1 is 1.45 bits per heavy atom. The average Bonchev–Trinajstić information content (AvgIpc) is 2.35. The summed E-state index contributed by atoms with van der Waals surface area (Å²) in [5.74, 6) is -1.18. The molecule has 0 bridgehead atoms. The molecule has 0 fully saturated rings. The van der Waals surface area contributed by atoms with Gasteiger partial charge in [-0.15, -0.1) is 0 Å². The fraction of sp³-hybridized carbons (Fsp3) is 0.308. The van der Waals surface area contributed by atoms with E-state index in [1.165, 1.54) is 16.4 Å². The molecule has 0 spiro atoms. The number of carboxylic acids is 1. The summed E-state index contributed by atoms with van der Waals surface area (Å²) < 4.78 is 26.5. The van der Waals surface area contributed by atoms with E-state index in [1.807, 2.05) is 0 Å². The molecule has 0 aliphatic heterocycles. The molecule has 0 atom stereocenters. The SMILES string of the molecule is C=C(C)CN(CC)S(=O)(=O)c1ccc(Br)c(C(=O)O)c1. The number of aromatic carboxylic acids is 1. The number of hydrogen-bond acceptors (Lipinski definition) is 3. The van der Waals surface area contributed by atoms with Gasteiger partial charge in [-0.1, -0.05) is 19.1 Å². The Morgan fingerprint density at radius 2 is 2.05 bits per heavy atom. The molecule has 1 N–H and O–H groups in total. The van der Waals surface area contributed by atoms with Gasteiger partial charge >= 0.3 is 5.97 Å². The standard InChI is InChI=1S/C13H16BrNO4S/c1-4-15(8-9(2)3)20(18,19)10-5-6-12(14)11(7-10)13(16)17/h5-7H,2,4,8H2,1,3H3,(H,16,17). The highest BCUT2D eigenvalue weighted by atomic mass is 79.9. The summed E-state index contributed by atoms with van der Waals surface area (Å²) >= 11 is 3.09. The Morgan fingerprint density at radius 3 is 2.50 bits per heavy atom. The van der Waals surface area contributed by atoms with E-state index < -0.39 is 16.0 Å². The molecule has 7 heteroatoms. The lowest BCUT2D eigenvalue weighted by molar-refractivity contribution is 0.0695. The van der Waals surface area contributed by atoms with E-state index in [4.69, 9.17) is 5.11 Å². The topological polar surface area (TPSA) is 74.7 Å². The van der Waals surface area contributed by atoms with Gasteiger partial charge in [-0.25, -0.2) is 13.2 Å². The molecule has 0 saturated carbocycles. The first-order chi connectivity index (χ1) is 9.20. The van der Waals surface area contributed by atoms with Crippen molar-refractivity contribution in [1.29, 1.82) is 0 Å². The second-order valence-corrected chi connectivity index (χ2v) is 7.13. The van der Waals surface area contributed by atoms with Crippen LogP contribution in [0, 0.1) is 0 Å². The fourth-order valence-corrected chi connectivity index (χ4v) is 3.60. The van der Waals surface area contributed by atoms with E-state index in [0.29, 0.717) is 10.0 Å². The number of hydrogen-bond donors (Lipinski definition) is 1. The lowest BCUT2D eigenvalue weighted by Crippen LogP contribution is -2.32. The highest BCUT2D eigenvalue weighted by Gasteiger charge is 2.24. The highest BCUT2D eigenvalue weighted by Crippen LogP contribution is 2.23. The summed E-state index contributed by atoms with van der Waals surface area (Å²) in [6.45, 7) is 7.65. The molecule has 0 radical (unpaired) electrons. The zero-order valence-corrected chi connectivity index (χ0v) is 13.7. The van der Waals surface area contributed by atoms with Gasteiger partial charge in [0, 0.05) is 17.6 Å². The predicted octanol–water partition coefficient (Wildman–Crippen LogP) is 2.73. The van der Waals surface area contributed by atoms with Crippen LogP contribution in [-0.2, 0) is 10.0 Å². The zero-order valence-electron chi connectivity index (χ0n) is 11.3. The van der Waals surface area contributed by atoms with Crippen molar-refractivity contribution in [2.75, 3.05) is 13.1 Å². The Kier molecular flexibility index (Phi) is 5.50. The van der Waals surface area contributed by atoms with E-state index in [2.05, 4.69) is 22.5 Å². The van der Waals surface area contributed by atoms with Crippen molar-refractivity contribution in [2.24, 2.45) is 0 Å². The first kappa shape index (κ1) is 16.9. The average molecular weight is 362 g/mol. The summed E-state index contributed by atoms with van der Waals surface area (Å²) in [5.41, 5.74) is 0.628. The van der Waals surface area contributed by atoms with E-state index >= 15 is 0 Å². The summed E-state index contributed by atoms with van der Waals surface area (Å²) in [6.07, 6.45) is 0. The molecule has 1 rings (SSSR count). The van der Waals surface area contributed by atoms with Gasteiger partial charge in [0.05, 0.1) is 10.5 Å². The van der Waals surface area contributed by atoms with Gasteiger partial charge in [0.25, 0.3) is 0 Å². The van der Waals surface area contributed by atoms with Gasteiger partial charge in [0.15, 0.2) is 0 Å². The number of sulfonamides is 1. The minimum absolute atomic E-state index is 0.0406. The maximum absolute atomic E-state index is 12.5.